The summed E-state index contributed by atoms with van der Waals surface area (Å²) < 4.78 is 0. The topological polar surface area (TPSA) is 63.5 Å². The van der Waals surface area contributed by atoms with Gasteiger partial charge in [0.05, 0.1) is 4.92 Å². The molecule has 5 heteroatoms. The van der Waals surface area contributed by atoms with Gasteiger partial charge >= 0.3 is 0 Å². The number of hydrogen-bond acceptors (Lipinski definition) is 3. The first kappa shape index (κ1) is 12.2. The lowest BCUT2D eigenvalue weighted by Crippen LogP contribution is -2.17. The summed E-state index contributed by atoms with van der Waals surface area (Å²) in [5.74, 6) is 0.292. The van der Waals surface area contributed by atoms with Crippen molar-refractivity contribution in [1.29, 1.82) is 0 Å². The van der Waals surface area contributed by atoms with Gasteiger partial charge < -0.3 is 4.90 Å². The van der Waals surface area contributed by atoms with Gasteiger partial charge in [0.15, 0.2) is 0 Å². The largest absolute Gasteiger partial charge is 0.346 e. The quantitative estimate of drug-likeness (QED) is 0.538. The van der Waals surface area contributed by atoms with Crippen molar-refractivity contribution in [3.8, 4) is 0 Å². The third kappa shape index (κ3) is 3.68. The Bertz CT molecular complexity index is 365. The smallest absolute Gasteiger partial charge is 0.269 e. The van der Waals surface area contributed by atoms with Crippen LogP contribution in [0.4, 0.5) is 5.69 Å². The molecule has 0 saturated carbocycles. The molecule has 0 bridgehead atoms. The molecule has 1 aromatic rings. The van der Waals surface area contributed by atoms with Crippen LogP contribution in [-0.4, -0.2) is 29.3 Å². The zero-order valence-electron chi connectivity index (χ0n) is 9.13. The molecule has 1 aromatic carbocycles. The first-order valence-electron chi connectivity index (χ1n) is 5.04. The van der Waals surface area contributed by atoms with Crippen molar-refractivity contribution < 1.29 is 9.72 Å². The fourth-order valence-corrected chi connectivity index (χ4v) is 1.33. The van der Waals surface area contributed by atoms with Crippen LogP contribution in [0.5, 0.6) is 0 Å². The highest BCUT2D eigenvalue weighted by molar-refractivity contribution is 5.77. The highest BCUT2D eigenvalue weighted by Gasteiger charge is 2.14. The van der Waals surface area contributed by atoms with E-state index in [2.05, 4.69) is 0 Å². The predicted molar refractivity (Wildman–Crippen MR) is 60.0 cm³/mol. The molecule has 5 nitrogen and oxygen atoms in total. The zero-order valence-corrected chi connectivity index (χ0v) is 9.13. The minimum absolute atomic E-state index is 0.137. The second kappa shape index (κ2) is 5.85. The molecule has 0 atom stereocenters. The molecule has 2 rings (SSSR count). The van der Waals surface area contributed by atoms with Gasteiger partial charge in [-0.05, 0) is 6.42 Å². The molecule has 0 unspecified atom stereocenters. The second-order valence-electron chi connectivity index (χ2n) is 3.51. The third-order valence-corrected chi connectivity index (χ3v) is 2.28. The summed E-state index contributed by atoms with van der Waals surface area (Å²) in [7, 11) is 1.84. The minimum Gasteiger partial charge on any atom is -0.346 e. The van der Waals surface area contributed by atoms with Crippen molar-refractivity contribution >= 4 is 11.6 Å². The fourth-order valence-electron chi connectivity index (χ4n) is 1.33. The zero-order chi connectivity index (χ0) is 12.0. The first-order chi connectivity index (χ1) is 7.61. The van der Waals surface area contributed by atoms with Crippen LogP contribution in [0, 0.1) is 10.1 Å². The van der Waals surface area contributed by atoms with Crippen LogP contribution in [0.25, 0.3) is 0 Å². The van der Waals surface area contributed by atoms with Gasteiger partial charge in [0, 0.05) is 32.1 Å². The Labute approximate surface area is 93.8 Å². The highest BCUT2D eigenvalue weighted by atomic mass is 16.6. The molecule has 0 spiro atoms. The molecule has 0 aromatic heterocycles. The number of carbonyl (C=O) groups is 1. The lowest BCUT2D eigenvalue weighted by molar-refractivity contribution is -0.384. The number of amides is 1. The molecular formula is C11H14N2O3. The van der Waals surface area contributed by atoms with Crippen LogP contribution < -0.4 is 0 Å². The molecule has 0 radical (unpaired) electrons. The molecule has 86 valence electrons. The van der Waals surface area contributed by atoms with Crippen LogP contribution in [0.15, 0.2) is 30.3 Å². The first-order valence-corrected chi connectivity index (χ1v) is 5.04. The van der Waals surface area contributed by atoms with Crippen molar-refractivity contribution in [3.05, 3.63) is 40.4 Å². The Kier molecular flexibility index (Phi) is 4.44. The normalized spacial score (nSPS) is 14.3. The average molecular weight is 222 g/mol. The Morgan fingerprint density at radius 3 is 2.19 bits per heavy atom. The van der Waals surface area contributed by atoms with Crippen LogP contribution >= 0.6 is 0 Å². The van der Waals surface area contributed by atoms with Gasteiger partial charge in [-0.1, -0.05) is 18.2 Å². The standard InChI is InChI=1S/C6H5NO2.C5H9NO/c8-7(9)6-4-2-1-3-5-6;1-6-4-2-3-5(6)7/h1-5H;2-4H2,1H3. The molecular weight excluding hydrogens is 208 g/mol. The number of nitro groups is 1. The predicted octanol–water partition coefficient (Wildman–Crippen LogP) is 1.83. The van der Waals surface area contributed by atoms with Crippen molar-refractivity contribution in [2.45, 2.75) is 12.8 Å². The number of hydrogen-bond donors (Lipinski definition) is 0. The number of non-ortho nitro benzene ring substituents is 1. The third-order valence-electron chi connectivity index (χ3n) is 2.28. The average Bonchev–Trinajstić information content (AvgIpc) is 2.65. The summed E-state index contributed by atoms with van der Waals surface area (Å²) >= 11 is 0. The van der Waals surface area contributed by atoms with Crippen LogP contribution in [0.1, 0.15) is 12.8 Å². The summed E-state index contributed by atoms with van der Waals surface area (Å²) in [6, 6.07) is 7.93. The van der Waals surface area contributed by atoms with Crippen LogP contribution in [0.3, 0.4) is 0 Å². The molecule has 1 heterocycles. The van der Waals surface area contributed by atoms with Gasteiger partial charge in [-0.2, -0.15) is 0 Å². The minimum atomic E-state index is -0.417. The maximum Gasteiger partial charge on any atom is 0.269 e. The maximum atomic E-state index is 10.5. The van der Waals surface area contributed by atoms with Crippen LogP contribution in [-0.2, 0) is 4.79 Å². The van der Waals surface area contributed by atoms with Crippen molar-refractivity contribution in [1.82, 2.24) is 4.90 Å². The number of nitro benzene ring substituents is 1. The number of likely N-dealkylation sites (tertiary alicyclic amines) is 1. The fraction of sp³-hybridized carbons (Fsp3) is 0.364. The Morgan fingerprint density at radius 1 is 1.31 bits per heavy atom. The van der Waals surface area contributed by atoms with Crippen molar-refractivity contribution in [2.75, 3.05) is 13.6 Å². The van der Waals surface area contributed by atoms with Crippen molar-refractivity contribution in [2.24, 2.45) is 0 Å². The number of para-hydroxylation sites is 1. The number of benzene rings is 1. The number of carbonyl (C=O) groups excluding carboxylic acids is 1. The van der Waals surface area contributed by atoms with E-state index in [1.54, 1.807) is 23.1 Å². The van der Waals surface area contributed by atoms with Gasteiger partial charge in [0.25, 0.3) is 5.69 Å². The Balaban J connectivity index is 0.000000165. The number of nitrogens with zero attached hydrogens (tertiary/aromatic N) is 2. The molecule has 0 N–H and O–H groups in total. The van der Waals surface area contributed by atoms with Gasteiger partial charge in [-0.25, -0.2) is 0 Å². The van der Waals surface area contributed by atoms with Crippen LogP contribution in [0.2, 0.25) is 0 Å². The van der Waals surface area contributed by atoms with Gasteiger partial charge in [-0.3, -0.25) is 14.9 Å². The molecule has 1 amide bonds. The molecule has 1 fully saturated rings. The SMILES string of the molecule is CN1CCCC1=O.O=[N+]([O-])c1ccccc1. The van der Waals surface area contributed by atoms with Gasteiger partial charge in [0.1, 0.15) is 0 Å². The lowest BCUT2D eigenvalue weighted by atomic mass is 10.3. The molecule has 1 aliphatic rings. The van der Waals surface area contributed by atoms with E-state index >= 15 is 0 Å². The van der Waals surface area contributed by atoms with E-state index in [0.717, 1.165) is 19.4 Å². The molecule has 16 heavy (non-hydrogen) atoms. The lowest BCUT2D eigenvalue weighted by Gasteiger charge is -2.03. The highest BCUT2D eigenvalue weighted by Crippen LogP contribution is 2.06. The van der Waals surface area contributed by atoms with E-state index in [1.807, 2.05) is 7.05 Å². The van der Waals surface area contributed by atoms with Crippen molar-refractivity contribution in [3.63, 3.8) is 0 Å². The van der Waals surface area contributed by atoms with Gasteiger partial charge in [-0.15, -0.1) is 0 Å². The monoisotopic (exact) mass is 222 g/mol. The van der Waals surface area contributed by atoms with E-state index < -0.39 is 4.92 Å². The summed E-state index contributed by atoms with van der Waals surface area (Å²) in [5, 5.41) is 10.0. The Morgan fingerprint density at radius 2 is 1.94 bits per heavy atom. The summed E-state index contributed by atoms with van der Waals surface area (Å²) in [4.78, 5) is 21.9. The van der Waals surface area contributed by atoms with Gasteiger partial charge in [0.2, 0.25) is 5.91 Å². The molecule has 0 aliphatic carbocycles. The molecule has 1 saturated heterocycles. The number of rotatable bonds is 1. The summed E-state index contributed by atoms with van der Waals surface area (Å²) in [6.07, 6.45) is 1.81. The van der Waals surface area contributed by atoms with E-state index in [4.69, 9.17) is 0 Å². The van der Waals surface area contributed by atoms with E-state index in [0.29, 0.717) is 5.91 Å². The maximum absolute atomic E-state index is 10.5. The summed E-state index contributed by atoms with van der Waals surface area (Å²) in [5.41, 5.74) is 0.137. The van der Waals surface area contributed by atoms with E-state index in [9.17, 15) is 14.9 Å². The summed E-state index contributed by atoms with van der Waals surface area (Å²) in [6.45, 7) is 0.957. The van der Waals surface area contributed by atoms with E-state index in [1.165, 1.54) is 12.1 Å². The Hall–Kier alpha value is -1.91. The van der Waals surface area contributed by atoms with E-state index in [-0.39, 0.29) is 5.69 Å². The second-order valence-corrected chi connectivity index (χ2v) is 3.51. The molecule has 1 aliphatic heterocycles.